The van der Waals surface area contributed by atoms with E-state index >= 15 is 0 Å². The van der Waals surface area contributed by atoms with Crippen molar-refractivity contribution in [1.82, 2.24) is 20.0 Å². The number of rotatable bonds is 3. The molecule has 5 rings (SSSR count). The predicted molar refractivity (Wildman–Crippen MR) is 138 cm³/mol. The summed E-state index contributed by atoms with van der Waals surface area (Å²) in [6.07, 6.45) is 3.02. The largest absolute Gasteiger partial charge is 0.362 e. The highest BCUT2D eigenvalue weighted by Crippen LogP contribution is 2.36. The molecule has 182 valence electrons. The molecule has 1 N–H and O–H groups in total. The molecule has 3 aliphatic rings. The molecule has 1 amide bonds. The third kappa shape index (κ3) is 4.41. The fraction of sp³-hybridized carbons (Fsp3) is 0.448. The van der Waals surface area contributed by atoms with Gasteiger partial charge in [-0.05, 0) is 80.1 Å². The van der Waals surface area contributed by atoms with Gasteiger partial charge in [0.2, 0.25) is 0 Å². The summed E-state index contributed by atoms with van der Waals surface area (Å²) in [6, 6.07) is 14.4. The number of amides is 1. The van der Waals surface area contributed by atoms with Crippen molar-refractivity contribution in [3.05, 3.63) is 81.2 Å². The minimum absolute atomic E-state index is 0.0702. The molecule has 2 aromatic carbocycles. The van der Waals surface area contributed by atoms with Crippen molar-refractivity contribution >= 4 is 5.91 Å². The highest BCUT2D eigenvalue weighted by Gasteiger charge is 2.34. The average molecular weight is 470 g/mol. The second-order valence-corrected chi connectivity index (χ2v) is 10.4. The highest BCUT2D eigenvalue weighted by atomic mass is 16.2. The van der Waals surface area contributed by atoms with Gasteiger partial charge in [-0.3, -0.25) is 4.79 Å². The van der Waals surface area contributed by atoms with Crippen LogP contribution >= 0.6 is 0 Å². The molecule has 6 heteroatoms. The number of nitrogens with one attached hydrogen (secondary N) is 1. The molecular weight excluding hydrogens is 434 g/mol. The number of aryl methyl sites for hydroxylation is 2. The number of likely N-dealkylation sites (N-methyl/N-ethyl adjacent to an activating group) is 1. The number of nitrogens with zero attached hydrogens (tertiary/aromatic N) is 4. The first-order chi connectivity index (χ1) is 16.9. The van der Waals surface area contributed by atoms with Gasteiger partial charge in [0.05, 0.1) is 11.6 Å². The molecule has 1 atom stereocenters. The van der Waals surface area contributed by atoms with E-state index < -0.39 is 0 Å². The minimum atomic E-state index is 0.0702. The number of carbonyl (C=O) groups excluding carboxylic acids is 1. The first kappa shape index (κ1) is 23.4. The first-order valence-electron chi connectivity index (χ1n) is 12.7. The lowest BCUT2D eigenvalue weighted by atomic mass is 9.88. The summed E-state index contributed by atoms with van der Waals surface area (Å²) in [5, 5.41) is 12.8. The van der Waals surface area contributed by atoms with Crippen LogP contribution in [-0.2, 0) is 0 Å². The number of piperidine rings is 1. The van der Waals surface area contributed by atoms with Crippen LogP contribution in [0.4, 0.5) is 0 Å². The summed E-state index contributed by atoms with van der Waals surface area (Å²) in [5.41, 5.74) is 8.93. The molecule has 2 aromatic rings. The standard InChI is InChI=1S/C29H35N5O/c1-19-15-20(2)25(16-24(19)28-31-26-18-32(3)12-11-27(26)33(28)4)29(35)34-13-9-23(10-14-34)22-7-5-21(17-30)6-8-22/h5-8,15-16,23,28,31H,9-14,18H2,1-4H3. The van der Waals surface area contributed by atoms with Gasteiger partial charge < -0.3 is 20.0 Å². The van der Waals surface area contributed by atoms with Crippen LogP contribution in [0.25, 0.3) is 0 Å². The van der Waals surface area contributed by atoms with Gasteiger partial charge in [0, 0.05) is 56.6 Å². The average Bonchev–Trinajstić information content (AvgIpc) is 3.19. The molecule has 1 saturated heterocycles. The molecule has 0 aromatic heterocycles. The van der Waals surface area contributed by atoms with Crippen molar-refractivity contribution in [2.24, 2.45) is 0 Å². The number of hydrogen-bond acceptors (Lipinski definition) is 5. The summed E-state index contributed by atoms with van der Waals surface area (Å²) < 4.78 is 0. The third-order valence-electron chi connectivity index (χ3n) is 8.06. The van der Waals surface area contributed by atoms with E-state index in [2.05, 4.69) is 73.4 Å². The van der Waals surface area contributed by atoms with Crippen LogP contribution in [0.2, 0.25) is 0 Å². The lowest BCUT2D eigenvalue weighted by molar-refractivity contribution is 0.0712. The van der Waals surface area contributed by atoms with E-state index in [1.165, 1.54) is 28.1 Å². The molecule has 1 unspecified atom stereocenters. The molecule has 0 spiro atoms. The number of likely N-dealkylation sites (tertiary alicyclic amines) is 1. The summed E-state index contributed by atoms with van der Waals surface area (Å²) in [7, 11) is 4.33. The molecule has 0 radical (unpaired) electrons. The first-order valence-corrected chi connectivity index (χ1v) is 12.7. The van der Waals surface area contributed by atoms with E-state index in [1.807, 2.05) is 17.0 Å². The summed E-state index contributed by atoms with van der Waals surface area (Å²) >= 11 is 0. The Morgan fingerprint density at radius 2 is 1.74 bits per heavy atom. The Bertz CT molecular complexity index is 1200. The Kier molecular flexibility index (Phi) is 6.29. The highest BCUT2D eigenvalue weighted by molar-refractivity contribution is 5.96. The van der Waals surface area contributed by atoms with Gasteiger partial charge in [0.25, 0.3) is 5.91 Å². The normalized spacial score (nSPS) is 21.1. The van der Waals surface area contributed by atoms with Gasteiger partial charge in [-0.25, -0.2) is 0 Å². The van der Waals surface area contributed by atoms with Crippen LogP contribution in [0.1, 0.15) is 69.5 Å². The topological polar surface area (TPSA) is 62.6 Å². The van der Waals surface area contributed by atoms with Crippen molar-refractivity contribution in [3.8, 4) is 6.07 Å². The van der Waals surface area contributed by atoms with Gasteiger partial charge in [-0.15, -0.1) is 0 Å². The van der Waals surface area contributed by atoms with Crippen LogP contribution in [-0.4, -0.2) is 60.9 Å². The third-order valence-corrected chi connectivity index (χ3v) is 8.06. The van der Waals surface area contributed by atoms with E-state index in [4.69, 9.17) is 5.26 Å². The van der Waals surface area contributed by atoms with Crippen molar-refractivity contribution < 1.29 is 4.79 Å². The van der Waals surface area contributed by atoms with E-state index in [1.54, 1.807) is 0 Å². The lowest BCUT2D eigenvalue weighted by Gasteiger charge is -2.33. The van der Waals surface area contributed by atoms with E-state index in [0.717, 1.165) is 56.6 Å². The van der Waals surface area contributed by atoms with Crippen LogP contribution in [0, 0.1) is 25.2 Å². The molecule has 1 fully saturated rings. The number of benzene rings is 2. The zero-order chi connectivity index (χ0) is 24.7. The van der Waals surface area contributed by atoms with E-state index in [0.29, 0.717) is 11.5 Å². The Morgan fingerprint density at radius 3 is 2.43 bits per heavy atom. The minimum Gasteiger partial charge on any atom is -0.362 e. The smallest absolute Gasteiger partial charge is 0.254 e. The van der Waals surface area contributed by atoms with Crippen LogP contribution in [0.5, 0.6) is 0 Å². The van der Waals surface area contributed by atoms with Gasteiger partial charge in [-0.1, -0.05) is 18.2 Å². The van der Waals surface area contributed by atoms with E-state index in [-0.39, 0.29) is 12.1 Å². The maximum Gasteiger partial charge on any atom is 0.254 e. The van der Waals surface area contributed by atoms with Crippen molar-refractivity contribution in [3.63, 3.8) is 0 Å². The zero-order valence-corrected chi connectivity index (χ0v) is 21.3. The number of hydrogen-bond donors (Lipinski definition) is 1. The Morgan fingerprint density at radius 1 is 1.03 bits per heavy atom. The van der Waals surface area contributed by atoms with Crippen molar-refractivity contribution in [2.45, 2.75) is 45.2 Å². The molecule has 6 nitrogen and oxygen atoms in total. The van der Waals surface area contributed by atoms with E-state index in [9.17, 15) is 4.79 Å². The predicted octanol–water partition coefficient (Wildman–Crippen LogP) is 4.28. The molecule has 0 saturated carbocycles. The van der Waals surface area contributed by atoms with Gasteiger partial charge in [0.15, 0.2) is 0 Å². The summed E-state index contributed by atoms with van der Waals surface area (Å²) in [5.74, 6) is 0.577. The van der Waals surface area contributed by atoms with Gasteiger partial charge in [-0.2, -0.15) is 5.26 Å². The SMILES string of the molecule is Cc1cc(C)c(C2NC3=C(CCN(C)C3)N2C)cc1C(=O)N1CCC(c2ccc(C#N)cc2)CC1. The maximum atomic E-state index is 13.6. The summed E-state index contributed by atoms with van der Waals surface area (Å²) in [6.45, 7) is 7.75. The molecule has 35 heavy (non-hydrogen) atoms. The molecule has 3 heterocycles. The summed E-state index contributed by atoms with van der Waals surface area (Å²) in [4.78, 5) is 20.4. The van der Waals surface area contributed by atoms with Crippen LogP contribution in [0.3, 0.4) is 0 Å². The number of carbonyl (C=O) groups is 1. The van der Waals surface area contributed by atoms with Crippen molar-refractivity contribution in [1.29, 1.82) is 5.26 Å². The fourth-order valence-corrected chi connectivity index (χ4v) is 5.92. The Balaban J connectivity index is 1.31. The van der Waals surface area contributed by atoms with Gasteiger partial charge in [0.1, 0.15) is 6.17 Å². The van der Waals surface area contributed by atoms with Crippen LogP contribution in [0.15, 0.2) is 47.8 Å². The monoisotopic (exact) mass is 469 g/mol. The Labute approximate surface area is 208 Å². The quantitative estimate of drug-likeness (QED) is 0.727. The fourth-order valence-electron chi connectivity index (χ4n) is 5.92. The van der Waals surface area contributed by atoms with Gasteiger partial charge >= 0.3 is 0 Å². The number of nitriles is 1. The maximum absolute atomic E-state index is 13.6. The molecular formula is C29H35N5O. The van der Waals surface area contributed by atoms with Crippen molar-refractivity contribution in [2.75, 3.05) is 40.3 Å². The second-order valence-electron chi connectivity index (χ2n) is 10.4. The zero-order valence-electron chi connectivity index (χ0n) is 21.3. The lowest BCUT2D eigenvalue weighted by Crippen LogP contribution is -2.38. The second kappa shape index (κ2) is 9.39. The molecule has 0 bridgehead atoms. The molecule has 0 aliphatic carbocycles. The Hall–Kier alpha value is -3.30. The van der Waals surface area contributed by atoms with Crippen LogP contribution < -0.4 is 5.32 Å². The molecule has 3 aliphatic heterocycles.